The Bertz CT molecular complexity index is 402. The maximum atomic E-state index is 10.5. The summed E-state index contributed by atoms with van der Waals surface area (Å²) in [5.74, 6) is 1.25. The summed E-state index contributed by atoms with van der Waals surface area (Å²) in [6.07, 6.45) is -0.396. The van der Waals surface area contributed by atoms with Gasteiger partial charge in [0, 0.05) is 19.6 Å². The predicted octanol–water partition coefficient (Wildman–Crippen LogP) is 3.95. The first-order chi connectivity index (χ1) is 9.29. The molecule has 0 spiro atoms. The number of hydrogen-bond acceptors (Lipinski definition) is 2. The zero-order chi connectivity index (χ0) is 15.3. The van der Waals surface area contributed by atoms with E-state index in [4.69, 9.17) is 0 Å². The van der Waals surface area contributed by atoms with E-state index in [0.29, 0.717) is 11.8 Å². The van der Waals surface area contributed by atoms with E-state index in [1.54, 1.807) is 0 Å². The third-order valence-corrected chi connectivity index (χ3v) is 3.59. The van der Waals surface area contributed by atoms with Crippen LogP contribution in [-0.2, 0) is 0 Å². The van der Waals surface area contributed by atoms with Crippen molar-refractivity contribution in [1.29, 1.82) is 0 Å². The van der Waals surface area contributed by atoms with Gasteiger partial charge in [-0.05, 0) is 42.4 Å². The van der Waals surface area contributed by atoms with E-state index in [-0.39, 0.29) is 0 Å². The fraction of sp³-hybridized carbons (Fsp3) is 0.667. The van der Waals surface area contributed by atoms with Gasteiger partial charge >= 0.3 is 0 Å². The lowest BCUT2D eigenvalue weighted by molar-refractivity contribution is 0.0986. The Balaban J connectivity index is 2.73. The Morgan fingerprint density at radius 3 is 1.90 bits per heavy atom. The Morgan fingerprint density at radius 2 is 1.45 bits per heavy atom. The van der Waals surface area contributed by atoms with Crippen molar-refractivity contribution in [1.82, 2.24) is 4.90 Å². The number of aryl methyl sites for hydroxylation is 2. The molecule has 0 aromatic heterocycles. The van der Waals surface area contributed by atoms with Crippen LogP contribution in [0.25, 0.3) is 0 Å². The van der Waals surface area contributed by atoms with Crippen LogP contribution in [0.5, 0.6) is 0 Å². The summed E-state index contributed by atoms with van der Waals surface area (Å²) in [5.41, 5.74) is 3.56. The second-order valence-corrected chi connectivity index (χ2v) is 6.87. The summed E-state index contributed by atoms with van der Waals surface area (Å²) in [5, 5.41) is 10.5. The quantitative estimate of drug-likeness (QED) is 0.815. The number of rotatable bonds is 7. The predicted molar refractivity (Wildman–Crippen MR) is 87.0 cm³/mol. The average Bonchev–Trinajstić information content (AvgIpc) is 2.30. The molecule has 1 atom stereocenters. The number of hydrogen-bond donors (Lipinski definition) is 1. The zero-order valence-electron chi connectivity index (χ0n) is 14.0. The SMILES string of the molecule is Cc1ccc(C(O)CN(CC(C)C)CC(C)C)cc1C. The van der Waals surface area contributed by atoms with Gasteiger partial charge in [-0.1, -0.05) is 45.9 Å². The molecule has 1 rings (SSSR count). The molecule has 0 saturated heterocycles. The molecular formula is C18H31NO. The molecule has 0 aliphatic carbocycles. The van der Waals surface area contributed by atoms with Gasteiger partial charge in [0.2, 0.25) is 0 Å². The fourth-order valence-electron chi connectivity index (χ4n) is 2.58. The molecule has 2 heteroatoms. The van der Waals surface area contributed by atoms with Gasteiger partial charge in [-0.15, -0.1) is 0 Å². The lowest BCUT2D eigenvalue weighted by Gasteiger charge is -2.28. The molecule has 0 radical (unpaired) electrons. The molecule has 0 fully saturated rings. The normalized spacial score (nSPS) is 13.5. The van der Waals surface area contributed by atoms with Crippen LogP contribution in [0.15, 0.2) is 18.2 Å². The molecule has 0 aliphatic rings. The molecule has 0 amide bonds. The van der Waals surface area contributed by atoms with Gasteiger partial charge in [0.1, 0.15) is 0 Å². The van der Waals surface area contributed by atoms with E-state index in [2.05, 4.69) is 64.6 Å². The van der Waals surface area contributed by atoms with Gasteiger partial charge in [0.05, 0.1) is 6.10 Å². The van der Waals surface area contributed by atoms with Gasteiger partial charge in [-0.2, -0.15) is 0 Å². The van der Waals surface area contributed by atoms with Crippen molar-refractivity contribution in [2.24, 2.45) is 11.8 Å². The van der Waals surface area contributed by atoms with Crippen molar-refractivity contribution in [3.8, 4) is 0 Å². The summed E-state index contributed by atoms with van der Waals surface area (Å²) in [6, 6.07) is 6.27. The van der Waals surface area contributed by atoms with Crippen LogP contribution in [-0.4, -0.2) is 29.6 Å². The standard InChI is InChI=1S/C18H31NO/c1-13(2)10-19(11-14(3)4)12-18(20)17-8-7-15(5)16(6)9-17/h7-9,13-14,18,20H,10-12H2,1-6H3. The van der Waals surface area contributed by atoms with Crippen molar-refractivity contribution in [2.75, 3.05) is 19.6 Å². The average molecular weight is 277 g/mol. The Kier molecular flexibility index (Phi) is 6.70. The molecule has 1 aromatic carbocycles. The van der Waals surface area contributed by atoms with Crippen molar-refractivity contribution in [3.05, 3.63) is 34.9 Å². The summed E-state index contributed by atoms with van der Waals surface area (Å²) < 4.78 is 0. The van der Waals surface area contributed by atoms with Crippen LogP contribution >= 0.6 is 0 Å². The van der Waals surface area contributed by atoms with Crippen LogP contribution in [0.4, 0.5) is 0 Å². The Morgan fingerprint density at radius 1 is 0.900 bits per heavy atom. The Hall–Kier alpha value is -0.860. The highest BCUT2D eigenvalue weighted by molar-refractivity contribution is 5.31. The van der Waals surface area contributed by atoms with Crippen molar-refractivity contribution >= 4 is 0 Å². The molecule has 20 heavy (non-hydrogen) atoms. The molecule has 0 saturated carbocycles. The summed E-state index contributed by atoms with van der Waals surface area (Å²) in [6.45, 7) is 15.9. The summed E-state index contributed by atoms with van der Waals surface area (Å²) in [7, 11) is 0. The molecule has 2 nitrogen and oxygen atoms in total. The monoisotopic (exact) mass is 277 g/mol. The molecule has 114 valence electrons. The highest BCUT2D eigenvalue weighted by Crippen LogP contribution is 2.19. The highest BCUT2D eigenvalue weighted by atomic mass is 16.3. The lowest BCUT2D eigenvalue weighted by Crippen LogP contribution is -2.35. The second-order valence-electron chi connectivity index (χ2n) is 6.87. The van der Waals surface area contributed by atoms with Crippen molar-refractivity contribution in [2.45, 2.75) is 47.6 Å². The number of aliphatic hydroxyl groups is 1. The molecule has 1 N–H and O–H groups in total. The first-order valence-corrected chi connectivity index (χ1v) is 7.77. The minimum Gasteiger partial charge on any atom is -0.387 e. The number of nitrogens with zero attached hydrogens (tertiary/aromatic N) is 1. The van der Waals surface area contributed by atoms with Crippen LogP contribution < -0.4 is 0 Å². The highest BCUT2D eigenvalue weighted by Gasteiger charge is 2.16. The van der Waals surface area contributed by atoms with E-state index >= 15 is 0 Å². The fourth-order valence-corrected chi connectivity index (χ4v) is 2.58. The zero-order valence-corrected chi connectivity index (χ0v) is 14.0. The van der Waals surface area contributed by atoms with Gasteiger partial charge in [-0.3, -0.25) is 4.90 Å². The molecular weight excluding hydrogens is 246 g/mol. The maximum absolute atomic E-state index is 10.5. The minimum atomic E-state index is -0.396. The molecule has 0 heterocycles. The van der Waals surface area contributed by atoms with Crippen LogP contribution in [0.1, 0.15) is 50.5 Å². The van der Waals surface area contributed by atoms with E-state index in [0.717, 1.165) is 25.2 Å². The molecule has 1 aromatic rings. The van der Waals surface area contributed by atoms with Crippen LogP contribution in [0.2, 0.25) is 0 Å². The Labute approximate surface area is 124 Å². The van der Waals surface area contributed by atoms with E-state index < -0.39 is 6.10 Å². The van der Waals surface area contributed by atoms with Gasteiger partial charge in [-0.25, -0.2) is 0 Å². The summed E-state index contributed by atoms with van der Waals surface area (Å²) in [4.78, 5) is 2.38. The number of benzene rings is 1. The van der Waals surface area contributed by atoms with Gasteiger partial charge in [0.25, 0.3) is 0 Å². The first kappa shape index (κ1) is 17.2. The van der Waals surface area contributed by atoms with Crippen molar-refractivity contribution in [3.63, 3.8) is 0 Å². The van der Waals surface area contributed by atoms with Gasteiger partial charge < -0.3 is 5.11 Å². The largest absolute Gasteiger partial charge is 0.387 e. The van der Waals surface area contributed by atoms with E-state index in [1.807, 2.05) is 0 Å². The molecule has 1 unspecified atom stereocenters. The first-order valence-electron chi connectivity index (χ1n) is 7.77. The van der Waals surface area contributed by atoms with Crippen LogP contribution in [0.3, 0.4) is 0 Å². The maximum Gasteiger partial charge on any atom is 0.0917 e. The van der Waals surface area contributed by atoms with E-state index in [1.165, 1.54) is 11.1 Å². The number of aliphatic hydroxyl groups excluding tert-OH is 1. The molecule has 0 bridgehead atoms. The summed E-state index contributed by atoms with van der Waals surface area (Å²) >= 11 is 0. The minimum absolute atomic E-state index is 0.396. The second kappa shape index (κ2) is 7.80. The lowest BCUT2D eigenvalue weighted by atomic mass is 10.0. The van der Waals surface area contributed by atoms with Gasteiger partial charge in [0.15, 0.2) is 0 Å². The third-order valence-electron chi connectivity index (χ3n) is 3.59. The topological polar surface area (TPSA) is 23.5 Å². The van der Waals surface area contributed by atoms with Crippen molar-refractivity contribution < 1.29 is 5.11 Å². The smallest absolute Gasteiger partial charge is 0.0917 e. The van der Waals surface area contributed by atoms with E-state index in [9.17, 15) is 5.11 Å². The molecule has 0 aliphatic heterocycles. The van der Waals surface area contributed by atoms with Crippen LogP contribution in [0, 0.1) is 25.7 Å². The third kappa shape index (κ3) is 5.64.